The van der Waals surface area contributed by atoms with E-state index >= 15 is 0 Å². The van der Waals surface area contributed by atoms with Crippen LogP contribution in [0.5, 0.6) is 5.75 Å². The number of aromatic nitrogens is 2. The van der Waals surface area contributed by atoms with E-state index in [0.29, 0.717) is 23.2 Å². The first-order valence-corrected chi connectivity index (χ1v) is 15.2. The summed E-state index contributed by atoms with van der Waals surface area (Å²) >= 11 is 6.41. The molecular weight excluding hydrogens is 550 g/mol. The van der Waals surface area contributed by atoms with Crippen LogP contribution in [0.25, 0.3) is 0 Å². The molecule has 40 heavy (non-hydrogen) atoms. The maximum atomic E-state index is 12.9. The highest BCUT2D eigenvalue weighted by atomic mass is 35.5. The molecule has 3 N–H and O–H groups in total. The van der Waals surface area contributed by atoms with Gasteiger partial charge in [0.25, 0.3) is 0 Å². The number of nitrogens with one attached hydrogen (secondary N) is 3. The van der Waals surface area contributed by atoms with E-state index in [9.17, 15) is 8.42 Å². The molecule has 1 saturated heterocycles. The average Bonchev–Trinajstić information content (AvgIpc) is 3.37. The summed E-state index contributed by atoms with van der Waals surface area (Å²) in [7, 11) is 0.473. The zero-order chi connectivity index (χ0) is 29.0. The van der Waals surface area contributed by atoms with E-state index in [2.05, 4.69) is 55.3 Å². The van der Waals surface area contributed by atoms with Gasteiger partial charge < -0.3 is 25.2 Å². The van der Waals surface area contributed by atoms with Gasteiger partial charge in [0.2, 0.25) is 16.0 Å². The van der Waals surface area contributed by atoms with Gasteiger partial charge in [-0.25, -0.2) is 18.1 Å². The molecule has 1 aliphatic rings. The van der Waals surface area contributed by atoms with E-state index in [1.807, 2.05) is 26.0 Å². The van der Waals surface area contributed by atoms with Gasteiger partial charge in [0.05, 0.1) is 23.7 Å². The molecule has 0 unspecified atom stereocenters. The molecule has 0 radical (unpaired) electrons. The van der Waals surface area contributed by atoms with Gasteiger partial charge in [-0.3, -0.25) is 0 Å². The highest BCUT2D eigenvalue weighted by Crippen LogP contribution is 2.35. The van der Waals surface area contributed by atoms with Crippen LogP contribution in [0.3, 0.4) is 0 Å². The quantitative estimate of drug-likeness (QED) is 0.277. The van der Waals surface area contributed by atoms with E-state index < -0.39 is 10.0 Å². The number of sulfonamides is 1. The number of hydrogen-bond acceptors (Lipinski definition) is 9. The number of rotatable bonds is 11. The molecule has 0 bridgehead atoms. The second kappa shape index (κ2) is 12.6. The fourth-order valence-electron chi connectivity index (χ4n) is 4.50. The summed E-state index contributed by atoms with van der Waals surface area (Å²) in [5.41, 5.74) is 2.15. The van der Waals surface area contributed by atoms with Crippen molar-refractivity contribution in [2.24, 2.45) is 0 Å². The number of benzene rings is 2. The van der Waals surface area contributed by atoms with Crippen LogP contribution in [-0.4, -0.2) is 68.7 Å². The summed E-state index contributed by atoms with van der Waals surface area (Å²) in [5, 5.41) is 6.56. The zero-order valence-electron chi connectivity index (χ0n) is 23.8. The normalized spacial score (nSPS) is 15.8. The topological polar surface area (TPSA) is 112 Å². The number of nitrogens with zero attached hydrogens (tertiary/aromatic N) is 4. The lowest BCUT2D eigenvalue weighted by atomic mass is 10.2. The Balaban J connectivity index is 1.60. The molecule has 2 aromatic carbocycles. The van der Waals surface area contributed by atoms with Gasteiger partial charge in [-0.05, 0) is 72.5 Å². The Morgan fingerprint density at radius 2 is 1.82 bits per heavy atom. The molecule has 0 spiro atoms. The summed E-state index contributed by atoms with van der Waals surface area (Å²) in [6, 6.07) is 12.9. The highest BCUT2D eigenvalue weighted by molar-refractivity contribution is 7.89. The molecule has 1 fully saturated rings. The van der Waals surface area contributed by atoms with Crippen LogP contribution in [0, 0.1) is 0 Å². The van der Waals surface area contributed by atoms with E-state index in [1.54, 1.807) is 32.0 Å². The standard InChI is InChI=1S/C28H38ClN7O3S/c1-18(2)34-40(37,38)26-10-8-7-9-24(26)31-27-22(29)16-30-28(33-27)32-23-12-11-20(15-25(23)39-19(3)4)36-14-13-21(17-36)35(5)6/h7-12,15-16,18-19,21,34H,13-14,17H2,1-6H3,(H2,30,31,32,33)/t21-/m0/s1. The third-order valence-electron chi connectivity index (χ3n) is 6.40. The van der Waals surface area contributed by atoms with Gasteiger partial charge in [-0.2, -0.15) is 4.98 Å². The minimum Gasteiger partial charge on any atom is -0.489 e. The average molecular weight is 588 g/mol. The first-order chi connectivity index (χ1) is 18.9. The number of para-hydroxylation sites is 1. The van der Waals surface area contributed by atoms with Gasteiger partial charge in [0, 0.05) is 36.9 Å². The maximum absolute atomic E-state index is 12.9. The van der Waals surface area contributed by atoms with Crippen molar-refractivity contribution in [1.82, 2.24) is 19.6 Å². The van der Waals surface area contributed by atoms with E-state index in [1.165, 1.54) is 12.3 Å². The number of hydrogen-bond donors (Lipinski definition) is 3. The number of ether oxygens (including phenoxy) is 1. The second-order valence-corrected chi connectivity index (χ2v) is 12.7. The largest absolute Gasteiger partial charge is 0.489 e. The molecule has 0 amide bonds. The van der Waals surface area contributed by atoms with E-state index in [-0.39, 0.29) is 33.8 Å². The van der Waals surface area contributed by atoms with Crippen LogP contribution in [0.1, 0.15) is 34.1 Å². The van der Waals surface area contributed by atoms with Gasteiger partial charge in [0.1, 0.15) is 15.7 Å². The van der Waals surface area contributed by atoms with Crippen LogP contribution in [-0.2, 0) is 10.0 Å². The monoisotopic (exact) mass is 587 g/mol. The Morgan fingerprint density at radius 3 is 2.50 bits per heavy atom. The summed E-state index contributed by atoms with van der Waals surface area (Å²) in [6.07, 6.45) is 2.54. The van der Waals surface area contributed by atoms with Crippen molar-refractivity contribution in [2.75, 3.05) is 42.7 Å². The Bertz CT molecular complexity index is 1430. The van der Waals surface area contributed by atoms with E-state index in [4.69, 9.17) is 16.3 Å². The third-order valence-corrected chi connectivity index (χ3v) is 8.39. The van der Waals surface area contributed by atoms with Crippen molar-refractivity contribution >= 4 is 50.5 Å². The number of halogens is 1. The van der Waals surface area contributed by atoms with Crippen molar-refractivity contribution in [3.05, 3.63) is 53.7 Å². The first-order valence-electron chi connectivity index (χ1n) is 13.3. The smallest absolute Gasteiger partial charge is 0.242 e. The number of anilines is 5. The van der Waals surface area contributed by atoms with Gasteiger partial charge in [0.15, 0.2) is 5.82 Å². The summed E-state index contributed by atoms with van der Waals surface area (Å²) in [4.78, 5) is 13.6. The zero-order valence-corrected chi connectivity index (χ0v) is 25.3. The van der Waals surface area contributed by atoms with Crippen LogP contribution in [0.4, 0.5) is 28.8 Å². The molecule has 0 aliphatic carbocycles. The van der Waals surface area contributed by atoms with Crippen LogP contribution in [0.15, 0.2) is 53.6 Å². The van der Waals surface area contributed by atoms with Crippen LogP contribution < -0.4 is 25.0 Å². The lowest BCUT2D eigenvalue weighted by Crippen LogP contribution is -2.31. The first kappa shape index (κ1) is 29.9. The van der Waals surface area contributed by atoms with Crippen molar-refractivity contribution < 1.29 is 13.2 Å². The molecule has 1 atom stereocenters. The molecule has 3 aromatic rings. The molecule has 10 nitrogen and oxygen atoms in total. The predicted molar refractivity (Wildman–Crippen MR) is 162 cm³/mol. The Morgan fingerprint density at radius 1 is 1.07 bits per heavy atom. The minimum absolute atomic E-state index is 0.0369. The minimum atomic E-state index is -3.76. The van der Waals surface area contributed by atoms with Crippen LogP contribution in [0.2, 0.25) is 5.02 Å². The van der Waals surface area contributed by atoms with Crippen molar-refractivity contribution in [2.45, 2.75) is 57.2 Å². The molecule has 1 aliphatic heterocycles. The summed E-state index contributed by atoms with van der Waals surface area (Å²) in [6.45, 7) is 9.43. The molecule has 0 saturated carbocycles. The van der Waals surface area contributed by atoms with Gasteiger partial charge in [-0.15, -0.1) is 0 Å². The van der Waals surface area contributed by atoms with Gasteiger partial charge >= 0.3 is 0 Å². The fraction of sp³-hybridized carbons (Fsp3) is 0.429. The van der Waals surface area contributed by atoms with Crippen molar-refractivity contribution in [3.63, 3.8) is 0 Å². The predicted octanol–water partition coefficient (Wildman–Crippen LogP) is 5.23. The van der Waals surface area contributed by atoms with Crippen molar-refractivity contribution in [3.8, 4) is 5.75 Å². The highest BCUT2D eigenvalue weighted by Gasteiger charge is 2.25. The second-order valence-electron chi connectivity index (χ2n) is 10.6. The maximum Gasteiger partial charge on any atom is 0.242 e. The molecular formula is C28H38ClN7O3S. The van der Waals surface area contributed by atoms with Crippen LogP contribution >= 0.6 is 11.6 Å². The lowest BCUT2D eigenvalue weighted by molar-refractivity contribution is 0.244. The fourth-order valence-corrected chi connectivity index (χ4v) is 6.05. The SMILES string of the molecule is CC(C)NS(=O)(=O)c1ccccc1Nc1nc(Nc2ccc(N3CC[C@H](N(C)C)C3)cc2OC(C)C)ncc1Cl. The molecule has 12 heteroatoms. The lowest BCUT2D eigenvalue weighted by Gasteiger charge is -2.23. The molecule has 1 aromatic heterocycles. The third kappa shape index (κ3) is 7.34. The molecule has 4 rings (SSSR count). The van der Waals surface area contributed by atoms with E-state index in [0.717, 1.165) is 25.2 Å². The Kier molecular flexibility index (Phi) is 9.40. The Labute approximate surface area is 242 Å². The number of likely N-dealkylation sites (N-methyl/N-ethyl adjacent to an activating group) is 1. The molecule has 2 heterocycles. The van der Waals surface area contributed by atoms with Crippen molar-refractivity contribution in [1.29, 1.82) is 0 Å². The Hall–Kier alpha value is -3.12. The molecule has 216 valence electrons. The summed E-state index contributed by atoms with van der Waals surface area (Å²) < 4.78 is 34.6. The summed E-state index contributed by atoms with van der Waals surface area (Å²) in [5.74, 6) is 1.23. The van der Waals surface area contributed by atoms with Gasteiger partial charge in [-0.1, -0.05) is 23.7 Å².